The fraction of sp³-hybridized carbons (Fsp3) is 0.667. The maximum Gasteiger partial charge on any atom is 0.225 e. The second-order valence-corrected chi connectivity index (χ2v) is 9.31. The normalized spacial score (nSPS) is 28.2. The number of thiophene rings is 1. The van der Waals surface area contributed by atoms with Gasteiger partial charge in [0.05, 0.1) is 11.5 Å². The zero-order chi connectivity index (χ0) is 18.9. The Hall–Kier alpha value is -1.75. The van der Waals surface area contributed by atoms with Crippen molar-refractivity contribution in [2.24, 2.45) is 0 Å². The van der Waals surface area contributed by atoms with Crippen molar-refractivity contribution in [1.82, 2.24) is 20.2 Å². The second-order valence-electron chi connectivity index (χ2n) is 8.23. The molecule has 0 spiro atoms. The molecule has 1 saturated carbocycles. The molecule has 2 aromatic rings. The molecule has 28 heavy (non-hydrogen) atoms. The predicted molar refractivity (Wildman–Crippen MR) is 110 cm³/mol. The third-order valence-corrected chi connectivity index (χ3v) is 7.80. The maximum absolute atomic E-state index is 9.21. The highest BCUT2D eigenvalue weighted by Gasteiger charge is 2.32. The number of rotatable bonds is 4. The second kappa shape index (κ2) is 7.94. The SMILES string of the molecule is N#CC[C@H]1CCc2sc3ncnc(OC4CCC(N5CCNCC5)CC4)c3c21. The lowest BCUT2D eigenvalue weighted by atomic mass is 9.91. The summed E-state index contributed by atoms with van der Waals surface area (Å²) >= 11 is 1.76. The lowest BCUT2D eigenvalue weighted by Gasteiger charge is -2.38. The molecule has 1 aliphatic heterocycles. The Kier molecular flexibility index (Phi) is 5.19. The van der Waals surface area contributed by atoms with E-state index < -0.39 is 0 Å². The number of aromatic nitrogens is 2. The molecular weight excluding hydrogens is 370 g/mol. The van der Waals surface area contributed by atoms with Crippen LogP contribution in [0.2, 0.25) is 0 Å². The molecule has 1 saturated heterocycles. The maximum atomic E-state index is 9.21. The minimum absolute atomic E-state index is 0.239. The average molecular weight is 398 g/mol. The van der Waals surface area contributed by atoms with Crippen molar-refractivity contribution in [2.75, 3.05) is 26.2 Å². The average Bonchev–Trinajstić information content (AvgIpc) is 3.30. The third kappa shape index (κ3) is 3.38. The summed E-state index contributed by atoms with van der Waals surface area (Å²) in [6.45, 7) is 4.57. The summed E-state index contributed by atoms with van der Waals surface area (Å²) in [6, 6.07) is 3.06. The molecule has 0 unspecified atom stereocenters. The van der Waals surface area contributed by atoms with E-state index in [1.807, 2.05) is 0 Å². The highest BCUT2D eigenvalue weighted by atomic mass is 32.1. The molecule has 2 aliphatic carbocycles. The van der Waals surface area contributed by atoms with Crippen molar-refractivity contribution >= 4 is 21.6 Å². The molecule has 0 bridgehead atoms. The van der Waals surface area contributed by atoms with Crippen LogP contribution in [0.25, 0.3) is 10.2 Å². The van der Waals surface area contributed by atoms with E-state index in [4.69, 9.17) is 4.74 Å². The molecule has 7 heteroatoms. The zero-order valence-electron chi connectivity index (χ0n) is 16.2. The predicted octanol–water partition coefficient (Wildman–Crippen LogP) is 3.23. The molecule has 2 aromatic heterocycles. The number of aryl methyl sites for hydroxylation is 1. The number of piperazine rings is 1. The molecule has 1 atom stereocenters. The van der Waals surface area contributed by atoms with Gasteiger partial charge in [0.15, 0.2) is 0 Å². The smallest absolute Gasteiger partial charge is 0.225 e. The Labute approximate surface area is 169 Å². The van der Waals surface area contributed by atoms with Crippen LogP contribution in [-0.4, -0.2) is 53.2 Å². The first-order chi connectivity index (χ1) is 13.8. The summed E-state index contributed by atoms with van der Waals surface area (Å²) in [6.07, 6.45) is 9.16. The number of ether oxygens (including phenoxy) is 1. The number of nitriles is 1. The zero-order valence-corrected chi connectivity index (χ0v) is 17.0. The van der Waals surface area contributed by atoms with Crippen LogP contribution in [0.4, 0.5) is 0 Å². The van der Waals surface area contributed by atoms with Gasteiger partial charge in [-0.25, -0.2) is 9.97 Å². The molecule has 2 fully saturated rings. The topological polar surface area (TPSA) is 74.1 Å². The van der Waals surface area contributed by atoms with Gasteiger partial charge in [0, 0.05) is 43.5 Å². The van der Waals surface area contributed by atoms with Gasteiger partial charge in [0.1, 0.15) is 17.3 Å². The van der Waals surface area contributed by atoms with Crippen molar-refractivity contribution in [3.8, 4) is 11.9 Å². The van der Waals surface area contributed by atoms with Crippen LogP contribution in [0.15, 0.2) is 6.33 Å². The molecule has 6 nitrogen and oxygen atoms in total. The van der Waals surface area contributed by atoms with Crippen LogP contribution in [0.3, 0.4) is 0 Å². The lowest BCUT2D eigenvalue weighted by molar-refractivity contribution is 0.0794. The highest BCUT2D eigenvalue weighted by Crippen LogP contribution is 2.47. The Balaban J connectivity index is 1.32. The number of hydrogen-bond donors (Lipinski definition) is 1. The van der Waals surface area contributed by atoms with Gasteiger partial charge in [0.2, 0.25) is 5.88 Å². The van der Waals surface area contributed by atoms with E-state index in [1.54, 1.807) is 17.7 Å². The molecule has 0 amide bonds. The summed E-state index contributed by atoms with van der Waals surface area (Å²) < 4.78 is 6.46. The summed E-state index contributed by atoms with van der Waals surface area (Å²) in [5.41, 5.74) is 1.30. The van der Waals surface area contributed by atoms with E-state index in [2.05, 4.69) is 26.3 Å². The van der Waals surface area contributed by atoms with Crippen molar-refractivity contribution in [3.63, 3.8) is 0 Å². The Morgan fingerprint density at radius 3 is 2.79 bits per heavy atom. The van der Waals surface area contributed by atoms with Gasteiger partial charge >= 0.3 is 0 Å². The van der Waals surface area contributed by atoms with Crippen LogP contribution in [0.1, 0.15) is 54.9 Å². The van der Waals surface area contributed by atoms with Crippen LogP contribution in [0, 0.1) is 11.3 Å². The van der Waals surface area contributed by atoms with Gasteiger partial charge in [-0.1, -0.05) is 0 Å². The minimum atomic E-state index is 0.239. The monoisotopic (exact) mass is 397 g/mol. The summed E-state index contributed by atoms with van der Waals surface area (Å²) in [7, 11) is 0. The number of nitrogens with zero attached hydrogens (tertiary/aromatic N) is 4. The first kappa shape index (κ1) is 18.3. The van der Waals surface area contributed by atoms with Crippen LogP contribution in [0.5, 0.6) is 5.88 Å². The van der Waals surface area contributed by atoms with Gasteiger partial charge in [-0.15, -0.1) is 11.3 Å². The van der Waals surface area contributed by atoms with Crippen molar-refractivity contribution in [3.05, 3.63) is 16.8 Å². The van der Waals surface area contributed by atoms with Crippen LogP contribution < -0.4 is 10.1 Å². The number of hydrogen-bond acceptors (Lipinski definition) is 7. The number of fused-ring (bicyclic) bond motifs is 3. The molecule has 0 aromatic carbocycles. The molecule has 3 aliphatic rings. The Morgan fingerprint density at radius 1 is 1.18 bits per heavy atom. The van der Waals surface area contributed by atoms with Gasteiger partial charge in [0.25, 0.3) is 0 Å². The highest BCUT2D eigenvalue weighted by molar-refractivity contribution is 7.19. The molecular formula is C21H27N5OS. The molecule has 5 rings (SSSR count). The van der Waals surface area contributed by atoms with Crippen LogP contribution in [-0.2, 0) is 6.42 Å². The first-order valence-corrected chi connectivity index (χ1v) is 11.4. The van der Waals surface area contributed by atoms with Crippen molar-refractivity contribution in [1.29, 1.82) is 5.26 Å². The fourth-order valence-electron chi connectivity index (χ4n) is 5.18. The molecule has 0 radical (unpaired) electrons. The Bertz CT molecular complexity index is 877. The van der Waals surface area contributed by atoms with Gasteiger partial charge in [-0.05, 0) is 50.0 Å². The van der Waals surface area contributed by atoms with Gasteiger partial charge < -0.3 is 10.1 Å². The van der Waals surface area contributed by atoms with Crippen molar-refractivity contribution < 1.29 is 4.74 Å². The quantitative estimate of drug-likeness (QED) is 0.854. The van der Waals surface area contributed by atoms with Gasteiger partial charge in [-0.2, -0.15) is 5.26 Å². The van der Waals surface area contributed by atoms with E-state index in [1.165, 1.54) is 36.4 Å². The van der Waals surface area contributed by atoms with Crippen LogP contribution >= 0.6 is 11.3 Å². The van der Waals surface area contributed by atoms with E-state index in [0.717, 1.165) is 54.9 Å². The number of nitrogens with one attached hydrogen (secondary N) is 1. The van der Waals surface area contributed by atoms with E-state index >= 15 is 0 Å². The minimum Gasteiger partial charge on any atom is -0.474 e. The van der Waals surface area contributed by atoms with E-state index in [0.29, 0.717) is 18.4 Å². The van der Waals surface area contributed by atoms with Crippen molar-refractivity contribution in [2.45, 2.75) is 63.0 Å². The summed E-state index contributed by atoms with van der Waals surface area (Å²) in [5, 5.41) is 13.7. The fourth-order valence-corrected chi connectivity index (χ4v) is 6.41. The lowest BCUT2D eigenvalue weighted by Crippen LogP contribution is -2.50. The largest absolute Gasteiger partial charge is 0.474 e. The van der Waals surface area contributed by atoms with Gasteiger partial charge in [-0.3, -0.25) is 4.90 Å². The third-order valence-electron chi connectivity index (χ3n) is 6.62. The first-order valence-electron chi connectivity index (χ1n) is 10.6. The summed E-state index contributed by atoms with van der Waals surface area (Å²) in [5.74, 6) is 1.06. The van der Waals surface area contributed by atoms with E-state index in [-0.39, 0.29) is 6.10 Å². The molecule has 3 heterocycles. The van der Waals surface area contributed by atoms with E-state index in [9.17, 15) is 5.26 Å². The molecule has 148 valence electrons. The standard InChI is InChI=1S/C21H27N5OS/c22-8-7-14-1-6-17-18(14)19-20(24-13-25-21(19)28-17)27-16-4-2-15(3-5-16)26-11-9-23-10-12-26/h13-16,23H,1-7,9-12H2/t14-,15?,16?/m1/s1. The Morgan fingerprint density at radius 2 is 2.00 bits per heavy atom. The summed E-state index contributed by atoms with van der Waals surface area (Å²) in [4.78, 5) is 14.1. The molecule has 1 N–H and O–H groups in total.